The van der Waals surface area contributed by atoms with Gasteiger partial charge in [0.1, 0.15) is 6.61 Å². The van der Waals surface area contributed by atoms with E-state index in [0.717, 1.165) is 23.3 Å². The molecule has 0 aromatic heterocycles. The van der Waals surface area contributed by atoms with Gasteiger partial charge >= 0.3 is 64.5 Å². The van der Waals surface area contributed by atoms with Gasteiger partial charge in [-0.15, -0.1) is 5.46 Å². The third-order valence-corrected chi connectivity index (χ3v) is 6.79. The minimum atomic E-state index is -5.10. The molecule has 0 unspecified atom stereocenters. The van der Waals surface area contributed by atoms with E-state index in [9.17, 15) is 17.7 Å². The van der Waals surface area contributed by atoms with Gasteiger partial charge in [-0.3, -0.25) is 4.90 Å². The van der Waals surface area contributed by atoms with Crippen LogP contribution in [-0.4, -0.2) is 55.7 Å². The Morgan fingerprint density at radius 2 is 1.50 bits per heavy atom. The smallest absolute Gasteiger partial charge is 0.448 e. The van der Waals surface area contributed by atoms with E-state index in [0.29, 0.717) is 38.3 Å². The van der Waals surface area contributed by atoms with E-state index in [1.54, 1.807) is 11.0 Å². The van der Waals surface area contributed by atoms with Crippen molar-refractivity contribution in [3.05, 3.63) is 83.4 Å². The largest absolute Gasteiger partial charge is 1.00 e. The molecule has 2 aliphatic rings. The number of piperazine rings is 1. The Labute approximate surface area is 251 Å². The Bertz CT molecular complexity index is 1200. The van der Waals surface area contributed by atoms with Gasteiger partial charge in [-0.1, -0.05) is 60.7 Å². The van der Waals surface area contributed by atoms with E-state index in [1.165, 1.54) is 11.1 Å². The molecule has 36 heavy (non-hydrogen) atoms. The zero-order chi connectivity index (χ0) is 24.6. The maximum atomic E-state index is 13.2. The number of nitrogens with zero attached hydrogens (tertiary/aromatic N) is 2. The number of carbonyl (C=O) groups excluding carboxylic acids is 1. The Morgan fingerprint density at radius 1 is 0.917 bits per heavy atom. The molecule has 0 spiro atoms. The molecule has 0 bridgehead atoms. The number of amides is 1. The molecule has 2 N–H and O–H groups in total. The van der Waals surface area contributed by atoms with E-state index in [4.69, 9.17) is 10.5 Å². The van der Waals surface area contributed by atoms with Crippen LogP contribution in [0.5, 0.6) is 0 Å². The van der Waals surface area contributed by atoms with Crippen LogP contribution in [0.2, 0.25) is 0 Å². The van der Waals surface area contributed by atoms with Crippen LogP contribution < -0.4 is 62.6 Å². The molecule has 182 valence electrons. The van der Waals surface area contributed by atoms with Gasteiger partial charge in [0.2, 0.25) is 0 Å². The number of halogens is 3. The van der Waals surface area contributed by atoms with Crippen molar-refractivity contribution in [1.82, 2.24) is 9.80 Å². The first kappa shape index (κ1) is 27.2. The van der Waals surface area contributed by atoms with E-state index in [-0.39, 0.29) is 75.7 Å². The summed E-state index contributed by atoms with van der Waals surface area (Å²) in [5.74, 6) is 0.000560. The molecule has 10 heteroatoms. The number of rotatable bonds is 5. The van der Waals surface area contributed by atoms with Crippen molar-refractivity contribution in [2.75, 3.05) is 38.5 Å². The van der Waals surface area contributed by atoms with Crippen molar-refractivity contribution in [2.24, 2.45) is 0 Å². The summed E-state index contributed by atoms with van der Waals surface area (Å²) in [4.78, 5) is 16.5. The SMILES string of the molecule is Nc1cc(CN2CCN(C(=O)OCC3c4ccccc4-c4ccccc43)CC2)cc([B-](F)(F)F)c1.[K+]. The summed E-state index contributed by atoms with van der Waals surface area (Å²) >= 11 is 0. The van der Waals surface area contributed by atoms with Gasteiger partial charge in [0.15, 0.2) is 0 Å². The average molecular weight is 519 g/mol. The summed E-state index contributed by atoms with van der Waals surface area (Å²) < 4.78 is 45.2. The number of hydrogen-bond donors (Lipinski definition) is 1. The second kappa shape index (κ2) is 11.3. The number of fused-ring (bicyclic) bond motifs is 3. The fourth-order valence-electron chi connectivity index (χ4n) is 5.06. The molecule has 3 aromatic rings. The number of nitrogens with two attached hydrogens (primary N) is 1. The van der Waals surface area contributed by atoms with Gasteiger partial charge in [0.25, 0.3) is 0 Å². The van der Waals surface area contributed by atoms with Crippen molar-refractivity contribution in [3.63, 3.8) is 0 Å². The Kier molecular flexibility index (Phi) is 8.53. The summed E-state index contributed by atoms with van der Waals surface area (Å²) in [6.07, 6.45) is -0.363. The molecular formula is C26H26BF3KN3O2. The number of ether oxygens (including phenoxy) is 1. The molecule has 5 nitrogen and oxygen atoms in total. The first-order valence-corrected chi connectivity index (χ1v) is 11.7. The minimum absolute atomic E-state index is 0. The second-order valence-electron chi connectivity index (χ2n) is 9.15. The summed E-state index contributed by atoms with van der Waals surface area (Å²) in [7, 11) is 0. The van der Waals surface area contributed by atoms with Gasteiger partial charge in [-0.25, -0.2) is 4.79 Å². The Balaban J connectivity index is 0.00000304. The Morgan fingerprint density at radius 3 is 2.08 bits per heavy atom. The van der Waals surface area contributed by atoms with Gasteiger partial charge in [-0.2, -0.15) is 0 Å². The van der Waals surface area contributed by atoms with Crippen LogP contribution in [0.1, 0.15) is 22.6 Å². The summed E-state index contributed by atoms with van der Waals surface area (Å²) in [6.45, 7) is -2.49. The maximum absolute atomic E-state index is 13.2. The standard InChI is InChI=1S/C26H26BF3N3O2.K/c28-27(29,30)19-13-18(14-20(31)15-19)16-32-9-11-33(12-10-32)26(34)35-17-25-23-7-3-1-5-21(23)22-6-2-4-8-24(22)25;/h1-8,13-15,25H,9-12,16-17,31H2;/q-1;+1. The summed E-state index contributed by atoms with van der Waals surface area (Å²) in [5, 5.41) is 0. The van der Waals surface area contributed by atoms with Crippen molar-refractivity contribution < 1.29 is 73.9 Å². The molecule has 0 radical (unpaired) electrons. The molecule has 1 heterocycles. The molecular weight excluding hydrogens is 493 g/mol. The predicted molar refractivity (Wildman–Crippen MR) is 131 cm³/mol. The molecule has 1 saturated heterocycles. The van der Waals surface area contributed by atoms with Crippen LogP contribution >= 0.6 is 0 Å². The fourth-order valence-corrected chi connectivity index (χ4v) is 5.06. The van der Waals surface area contributed by atoms with E-state index < -0.39 is 12.4 Å². The number of anilines is 1. The number of carbonyl (C=O) groups is 1. The summed E-state index contributed by atoms with van der Waals surface area (Å²) in [6, 6.07) is 20.1. The quantitative estimate of drug-likeness (QED) is 0.409. The van der Waals surface area contributed by atoms with Gasteiger partial charge in [0, 0.05) is 44.3 Å². The molecule has 1 aliphatic carbocycles. The number of nitrogen functional groups attached to an aromatic ring is 1. The van der Waals surface area contributed by atoms with Gasteiger partial charge < -0.3 is 28.3 Å². The van der Waals surface area contributed by atoms with E-state index >= 15 is 0 Å². The Hall–Kier alpha value is -1.82. The van der Waals surface area contributed by atoms with E-state index in [1.807, 2.05) is 29.2 Å². The van der Waals surface area contributed by atoms with Crippen LogP contribution in [0.15, 0.2) is 66.7 Å². The van der Waals surface area contributed by atoms with Gasteiger partial charge in [0.05, 0.1) is 0 Å². The minimum Gasteiger partial charge on any atom is -0.448 e. The predicted octanol–water partition coefficient (Wildman–Crippen LogP) is 1.39. The summed E-state index contributed by atoms with van der Waals surface area (Å²) in [5.41, 5.74) is 10.3. The normalized spacial score (nSPS) is 15.7. The van der Waals surface area contributed by atoms with Crippen molar-refractivity contribution in [1.29, 1.82) is 0 Å². The molecule has 0 atom stereocenters. The molecule has 3 aromatic carbocycles. The zero-order valence-corrected chi connectivity index (χ0v) is 23.3. The number of benzene rings is 3. The van der Waals surface area contributed by atoms with Crippen molar-refractivity contribution in [2.45, 2.75) is 12.5 Å². The first-order chi connectivity index (χ1) is 16.8. The molecule has 1 aliphatic heterocycles. The molecule has 1 fully saturated rings. The van der Waals surface area contributed by atoms with Gasteiger partial charge in [-0.05, 0) is 33.9 Å². The molecule has 1 amide bonds. The van der Waals surface area contributed by atoms with Crippen molar-refractivity contribution >= 4 is 24.2 Å². The monoisotopic (exact) mass is 519 g/mol. The average Bonchev–Trinajstić information content (AvgIpc) is 3.16. The van der Waals surface area contributed by atoms with Crippen LogP contribution in [0.4, 0.5) is 23.4 Å². The molecule has 5 rings (SSSR count). The van der Waals surface area contributed by atoms with E-state index in [2.05, 4.69) is 24.3 Å². The van der Waals surface area contributed by atoms with Crippen LogP contribution in [0, 0.1) is 0 Å². The van der Waals surface area contributed by atoms with Crippen LogP contribution in [0.3, 0.4) is 0 Å². The van der Waals surface area contributed by atoms with Crippen molar-refractivity contribution in [3.8, 4) is 11.1 Å². The third-order valence-electron chi connectivity index (χ3n) is 6.79. The van der Waals surface area contributed by atoms with Crippen LogP contribution in [-0.2, 0) is 11.3 Å². The first-order valence-electron chi connectivity index (χ1n) is 11.7. The second-order valence-corrected chi connectivity index (χ2v) is 9.15. The maximum Gasteiger partial charge on any atom is 1.00 e. The zero-order valence-electron chi connectivity index (χ0n) is 20.2. The fraction of sp³-hybridized carbons (Fsp3) is 0.269. The number of hydrogen-bond acceptors (Lipinski definition) is 4. The third kappa shape index (κ3) is 5.84. The molecule has 0 saturated carbocycles. The van der Waals surface area contributed by atoms with Crippen LogP contribution in [0.25, 0.3) is 11.1 Å². The topological polar surface area (TPSA) is 58.8 Å².